The Bertz CT molecular complexity index is 437. The van der Waals surface area contributed by atoms with E-state index in [1.54, 1.807) is 0 Å². The molecule has 0 aromatic rings. The maximum atomic E-state index is 10.8. The molecule has 0 unspecified atom stereocenters. The van der Waals surface area contributed by atoms with E-state index < -0.39 is 5.79 Å². The summed E-state index contributed by atoms with van der Waals surface area (Å²) in [6, 6.07) is 0. The van der Waals surface area contributed by atoms with Gasteiger partial charge in [-0.05, 0) is 31.1 Å². The highest BCUT2D eigenvalue weighted by atomic mass is 16.6. The van der Waals surface area contributed by atoms with Crippen molar-refractivity contribution in [1.29, 1.82) is 0 Å². The summed E-state index contributed by atoms with van der Waals surface area (Å²) >= 11 is 0. The Morgan fingerprint density at radius 2 is 1.78 bits per heavy atom. The van der Waals surface area contributed by atoms with Crippen molar-refractivity contribution in [3.63, 3.8) is 0 Å². The van der Waals surface area contributed by atoms with Gasteiger partial charge in [-0.3, -0.25) is 0 Å². The quantitative estimate of drug-likeness (QED) is 0.649. The van der Waals surface area contributed by atoms with Gasteiger partial charge in [0.15, 0.2) is 5.79 Å². The van der Waals surface area contributed by atoms with Crippen molar-refractivity contribution < 1.29 is 9.84 Å². The van der Waals surface area contributed by atoms with Gasteiger partial charge in [0.25, 0.3) is 0 Å². The maximum absolute atomic E-state index is 10.8. The summed E-state index contributed by atoms with van der Waals surface area (Å²) in [4.78, 5) is 0. The van der Waals surface area contributed by atoms with Gasteiger partial charge in [0, 0.05) is 44.4 Å². The average molecular weight is 322 g/mol. The first-order chi connectivity index (χ1) is 10.9. The van der Waals surface area contributed by atoms with E-state index in [0.29, 0.717) is 24.2 Å². The van der Waals surface area contributed by atoms with E-state index in [4.69, 9.17) is 4.74 Å². The summed E-state index contributed by atoms with van der Waals surface area (Å²) in [5, 5.41) is 17.2. The first kappa shape index (κ1) is 17.4. The lowest BCUT2D eigenvalue weighted by Crippen LogP contribution is -2.48. The van der Waals surface area contributed by atoms with Crippen molar-refractivity contribution in [3.8, 4) is 0 Å². The second-order valence-corrected chi connectivity index (χ2v) is 8.32. The molecule has 4 aliphatic rings. The molecular formula is C19H34N2O2. The Hall–Kier alpha value is -0.420. The van der Waals surface area contributed by atoms with Crippen LogP contribution in [0.15, 0.2) is 12.2 Å². The second-order valence-electron chi connectivity index (χ2n) is 8.32. The molecule has 132 valence electrons. The average Bonchev–Trinajstić information content (AvgIpc) is 2.98. The van der Waals surface area contributed by atoms with Gasteiger partial charge in [-0.15, -0.1) is 0 Å². The van der Waals surface area contributed by atoms with Crippen LogP contribution in [-0.4, -0.2) is 42.7 Å². The van der Waals surface area contributed by atoms with Crippen LogP contribution in [0.4, 0.5) is 0 Å². The summed E-state index contributed by atoms with van der Waals surface area (Å²) in [6.07, 6.45) is 4.08. The Morgan fingerprint density at radius 1 is 1.17 bits per heavy atom. The molecule has 23 heavy (non-hydrogen) atoms. The fourth-order valence-corrected chi connectivity index (χ4v) is 5.24. The third-order valence-electron chi connectivity index (χ3n) is 6.53. The van der Waals surface area contributed by atoms with Crippen LogP contribution in [0.1, 0.15) is 46.5 Å². The Labute approximate surface area is 141 Å². The van der Waals surface area contributed by atoms with E-state index in [2.05, 4.69) is 38.0 Å². The summed E-state index contributed by atoms with van der Waals surface area (Å²) in [5.41, 5.74) is 1.13. The zero-order valence-corrected chi connectivity index (χ0v) is 15.0. The van der Waals surface area contributed by atoms with Gasteiger partial charge in [-0.1, -0.05) is 32.9 Å². The van der Waals surface area contributed by atoms with Crippen molar-refractivity contribution in [2.24, 2.45) is 23.7 Å². The van der Waals surface area contributed by atoms with Gasteiger partial charge < -0.3 is 20.5 Å². The lowest BCUT2D eigenvalue weighted by atomic mass is 9.77. The van der Waals surface area contributed by atoms with Crippen LogP contribution in [0, 0.1) is 23.7 Å². The van der Waals surface area contributed by atoms with E-state index >= 15 is 0 Å². The lowest BCUT2D eigenvalue weighted by Gasteiger charge is -2.43. The Kier molecular flexibility index (Phi) is 4.90. The number of ether oxygens (including phenoxy) is 1. The van der Waals surface area contributed by atoms with Crippen LogP contribution in [0.3, 0.4) is 0 Å². The van der Waals surface area contributed by atoms with Crippen molar-refractivity contribution in [2.45, 2.75) is 57.8 Å². The summed E-state index contributed by atoms with van der Waals surface area (Å²) in [5.74, 6) is 0.852. The zero-order valence-electron chi connectivity index (χ0n) is 15.0. The highest BCUT2D eigenvalue weighted by Crippen LogP contribution is 2.63. The predicted molar refractivity (Wildman–Crippen MR) is 93.1 cm³/mol. The monoisotopic (exact) mass is 322 g/mol. The molecule has 0 amide bonds. The molecule has 5 atom stereocenters. The van der Waals surface area contributed by atoms with Crippen molar-refractivity contribution in [2.75, 3.05) is 26.2 Å². The lowest BCUT2D eigenvalue weighted by molar-refractivity contribution is -0.269. The smallest absolute Gasteiger partial charge is 0.173 e. The third-order valence-corrected chi connectivity index (χ3v) is 6.53. The van der Waals surface area contributed by atoms with E-state index in [1.807, 2.05) is 0 Å². The minimum Gasteiger partial charge on any atom is -0.365 e. The number of hydrogen-bond donors (Lipinski definition) is 3. The van der Waals surface area contributed by atoms with E-state index in [-0.39, 0.29) is 11.5 Å². The summed E-state index contributed by atoms with van der Waals surface area (Å²) < 4.78 is 6.25. The first-order valence-corrected chi connectivity index (χ1v) is 9.41. The van der Waals surface area contributed by atoms with Gasteiger partial charge >= 0.3 is 0 Å². The minimum atomic E-state index is -0.930. The molecule has 0 aromatic carbocycles. The van der Waals surface area contributed by atoms with Crippen LogP contribution >= 0.6 is 0 Å². The molecule has 1 spiro atoms. The minimum absolute atomic E-state index is 0.0982. The molecule has 4 rings (SSSR count). The highest BCUT2D eigenvalue weighted by molar-refractivity contribution is 5.24. The Balaban J connectivity index is 0.000000220. The topological polar surface area (TPSA) is 53.5 Å². The fourth-order valence-electron chi connectivity index (χ4n) is 5.24. The molecule has 1 saturated carbocycles. The molecular weight excluding hydrogens is 288 g/mol. The van der Waals surface area contributed by atoms with E-state index in [9.17, 15) is 5.11 Å². The van der Waals surface area contributed by atoms with Gasteiger partial charge in [-0.2, -0.15) is 0 Å². The van der Waals surface area contributed by atoms with Gasteiger partial charge in [0.1, 0.15) is 0 Å². The first-order valence-electron chi connectivity index (χ1n) is 9.41. The molecule has 4 nitrogen and oxygen atoms in total. The van der Waals surface area contributed by atoms with Crippen molar-refractivity contribution >= 4 is 0 Å². The largest absolute Gasteiger partial charge is 0.365 e. The second kappa shape index (κ2) is 6.47. The van der Waals surface area contributed by atoms with Crippen molar-refractivity contribution in [1.82, 2.24) is 10.6 Å². The number of piperazine rings is 1. The molecule has 3 heterocycles. The molecule has 3 N–H and O–H groups in total. The van der Waals surface area contributed by atoms with Crippen LogP contribution < -0.4 is 10.6 Å². The van der Waals surface area contributed by atoms with Crippen molar-refractivity contribution in [3.05, 3.63) is 12.2 Å². The van der Waals surface area contributed by atoms with E-state index in [1.165, 1.54) is 18.4 Å². The molecule has 0 radical (unpaired) electrons. The number of nitrogens with one attached hydrogen (secondary N) is 2. The SMILES string of the molecule is C1CNCCN1.C=C1C[C@]2(O)O[C@@]3(C[C@H]2C(C)C)[C@@H](C)CC[C@@H]13. The predicted octanol–water partition coefficient (Wildman–Crippen LogP) is 2.29. The van der Waals surface area contributed by atoms with Crippen LogP contribution in [0.25, 0.3) is 0 Å². The molecule has 4 fully saturated rings. The molecule has 4 heteroatoms. The molecule has 3 saturated heterocycles. The zero-order chi connectivity index (χ0) is 16.7. The number of fused-ring (bicyclic) bond motifs is 1. The molecule has 2 bridgehead atoms. The Morgan fingerprint density at radius 3 is 2.30 bits per heavy atom. The van der Waals surface area contributed by atoms with Gasteiger partial charge in [0.05, 0.1) is 5.60 Å². The maximum Gasteiger partial charge on any atom is 0.173 e. The molecule has 1 aliphatic carbocycles. The molecule has 3 aliphatic heterocycles. The summed E-state index contributed by atoms with van der Waals surface area (Å²) in [7, 11) is 0. The normalized spacial score (nSPS) is 45.6. The van der Waals surface area contributed by atoms with Crippen LogP contribution in [0.2, 0.25) is 0 Å². The summed E-state index contributed by atoms with van der Waals surface area (Å²) in [6.45, 7) is 15.5. The van der Waals surface area contributed by atoms with Crippen LogP contribution in [-0.2, 0) is 4.74 Å². The third kappa shape index (κ3) is 2.99. The van der Waals surface area contributed by atoms with E-state index in [0.717, 1.165) is 32.6 Å². The standard InChI is InChI=1S/C15H24O2.C4H10N2/c1-9(2)13-8-14-11(4)5-6-12(14)10(3)7-15(13,16)17-14;1-2-6-4-3-5-1/h9,11-13,16H,3,5-8H2,1-2,4H3;5-6H,1-4H2/t11-,12-,13-,14-,15-;/m0./s1. The fraction of sp³-hybridized carbons (Fsp3) is 0.895. The van der Waals surface area contributed by atoms with Gasteiger partial charge in [0.2, 0.25) is 0 Å². The van der Waals surface area contributed by atoms with Crippen LogP contribution in [0.5, 0.6) is 0 Å². The number of hydrogen-bond acceptors (Lipinski definition) is 4. The number of rotatable bonds is 1. The highest BCUT2D eigenvalue weighted by Gasteiger charge is 2.66. The molecule has 0 aromatic heterocycles. The number of aliphatic hydroxyl groups is 1. The van der Waals surface area contributed by atoms with Gasteiger partial charge in [-0.25, -0.2) is 0 Å².